The number of nitrogens with zero attached hydrogens (tertiary/aromatic N) is 7. The molecule has 0 aromatic carbocycles. The monoisotopic (exact) mass is 760 g/mol. The molecule has 0 saturated heterocycles. The molecule has 45 heavy (non-hydrogen) atoms. The summed E-state index contributed by atoms with van der Waals surface area (Å²) in [7, 11) is -10.3. The Bertz CT molecular complexity index is 976. The Morgan fingerprint density at radius 3 is 0.600 bits per heavy atom. The Morgan fingerprint density at radius 1 is 0.444 bits per heavy atom. The molecule has 0 aromatic rings. The summed E-state index contributed by atoms with van der Waals surface area (Å²) >= 11 is 0. The van der Waals surface area contributed by atoms with E-state index in [0.29, 0.717) is 0 Å². The molecule has 29 N–H and O–H groups in total. The summed E-state index contributed by atoms with van der Waals surface area (Å²) in [5, 5.41) is 81.4. The van der Waals surface area contributed by atoms with E-state index in [4.69, 9.17) is 123 Å². The van der Waals surface area contributed by atoms with Crippen LogP contribution >= 0.6 is 0 Å². The van der Waals surface area contributed by atoms with Crippen molar-refractivity contribution in [3.8, 4) is 0 Å². The summed E-state index contributed by atoms with van der Waals surface area (Å²) in [6, 6.07) is 0. The Hall–Kier alpha value is -5.67. The minimum absolute atomic E-state index is 0. The topological polar surface area (TPSA) is 694 Å². The van der Waals surface area contributed by atoms with Gasteiger partial charge in [-0.1, -0.05) is 41.2 Å². The first-order valence-corrected chi connectivity index (χ1v) is 10.7. The van der Waals surface area contributed by atoms with Gasteiger partial charge in [-0.05, 0) is 0 Å². The zero-order valence-electron chi connectivity index (χ0n) is 21.2. The largest absolute Gasteiger partial charge is 3.00 e. The SMILES string of the molecule is NC(=N\O)/C(N)=N/O.NC(=N\O)/C(N)=N/O.NC(=N\O)/C(N)=N/O.NC(=N\O)/C(N)=[NH+]/O.O.O.O=S(=O)([O-])[O-].O=S(=O)([O-])[O-].[Co+3]. The Morgan fingerprint density at radius 2 is 0.556 bits per heavy atom. The van der Waals surface area contributed by atoms with Crippen molar-refractivity contribution in [1.29, 1.82) is 0 Å². The molecule has 0 atom stereocenters. The van der Waals surface area contributed by atoms with Gasteiger partial charge in [-0.25, -0.2) is 0 Å². The second-order valence-corrected chi connectivity index (χ2v) is 6.37. The third-order valence-electron chi connectivity index (χ3n) is 1.94. The van der Waals surface area contributed by atoms with Crippen LogP contribution in [0.3, 0.4) is 0 Å². The van der Waals surface area contributed by atoms with Crippen LogP contribution in [-0.2, 0) is 37.6 Å². The molecule has 0 bridgehead atoms. The van der Waals surface area contributed by atoms with Crippen molar-refractivity contribution in [2.24, 2.45) is 82.0 Å². The molecular weight excluding hydrogens is 731 g/mol. The number of nitrogens with two attached hydrogens (primary N) is 8. The van der Waals surface area contributed by atoms with E-state index in [1.807, 2.05) is 0 Å². The van der Waals surface area contributed by atoms with Gasteiger partial charge >= 0.3 is 22.6 Å². The number of hydrogen-bond donors (Lipinski definition) is 17. The number of amidine groups is 8. The van der Waals surface area contributed by atoms with E-state index in [1.54, 1.807) is 0 Å². The molecule has 0 aromatic heterocycles. The second-order valence-electron chi connectivity index (χ2n) is 4.74. The van der Waals surface area contributed by atoms with Crippen molar-refractivity contribution >= 4 is 67.5 Å². The minimum atomic E-state index is -5.17. The van der Waals surface area contributed by atoms with Gasteiger partial charge in [-0.2, -0.15) is 0 Å². The van der Waals surface area contributed by atoms with Gasteiger partial charge in [0.25, 0.3) is 5.84 Å². The Kier molecular flexibility index (Phi) is 50.7. The van der Waals surface area contributed by atoms with E-state index < -0.39 is 55.8 Å². The summed E-state index contributed by atoms with van der Waals surface area (Å²) in [6.07, 6.45) is 0. The van der Waals surface area contributed by atoms with E-state index in [-0.39, 0.29) is 39.4 Å². The Balaban J connectivity index is -0.0000000492. The van der Waals surface area contributed by atoms with Crippen molar-refractivity contribution in [3.63, 3.8) is 0 Å². The summed E-state index contributed by atoms with van der Waals surface area (Å²) in [5.41, 5.74) is 38.6. The van der Waals surface area contributed by atoms with Gasteiger partial charge in [-0.3, -0.25) is 22.6 Å². The summed E-state index contributed by atoms with van der Waals surface area (Å²) in [4.78, 5) is 0. The molecule has 0 amide bonds. The van der Waals surface area contributed by atoms with E-state index in [2.05, 4.69) is 36.1 Å². The van der Waals surface area contributed by atoms with Crippen LogP contribution in [0.25, 0.3) is 0 Å². The first-order chi connectivity index (χ1) is 18.9. The van der Waals surface area contributed by atoms with Crippen molar-refractivity contribution in [1.82, 2.24) is 0 Å². The van der Waals surface area contributed by atoms with E-state index in [9.17, 15) is 0 Å². The number of hydrogen-bond acceptors (Lipinski definition) is 23. The maximum Gasteiger partial charge on any atom is 3.00 e. The molecule has 0 heterocycles. The van der Waals surface area contributed by atoms with Gasteiger partial charge < -0.3 is 111 Å². The maximum absolute atomic E-state index is 8.52. The molecule has 34 nitrogen and oxygen atoms in total. The van der Waals surface area contributed by atoms with Crippen molar-refractivity contribution in [2.75, 3.05) is 0 Å². The molecule has 0 spiro atoms. The van der Waals surface area contributed by atoms with Crippen LogP contribution in [0.2, 0.25) is 0 Å². The van der Waals surface area contributed by atoms with Crippen molar-refractivity contribution in [2.45, 2.75) is 0 Å². The van der Waals surface area contributed by atoms with Crippen LogP contribution in [0.4, 0.5) is 0 Å². The zero-order chi connectivity index (χ0) is 35.3. The van der Waals surface area contributed by atoms with Gasteiger partial charge in [0.15, 0.2) is 0 Å². The molecule has 0 unspecified atom stereocenters. The summed E-state index contributed by atoms with van der Waals surface area (Å²) in [5.74, 6) is -3.10. The van der Waals surface area contributed by atoms with Crippen LogP contribution in [0.5, 0.6) is 0 Å². The fourth-order valence-corrected chi connectivity index (χ4v) is 0.419. The first kappa shape index (κ1) is 62.8. The average Bonchev–Trinajstić information content (AvgIpc) is 2.92. The predicted octanol–water partition coefficient (Wildman–Crippen LogP) is -12.3. The molecule has 37 heteroatoms. The molecule has 0 aliphatic heterocycles. The maximum atomic E-state index is 8.52. The molecule has 0 aliphatic rings. The standard InChI is InChI=1S/4C2H6N4O2.Co.2H2O4S.2H2O/c4*3-1(5-7)2(4)6-8;;2*1-5(2,3)4;;/h4*7-8H,(H2,3,5)(H2,4,6);;2*(H2,1,2,3,4);2*1H2/q;;;;+3;;;;/p-3. The predicted molar refractivity (Wildman–Crippen MR) is 134 cm³/mol. The molecular formula is C8H29CoN16O18S2. The third kappa shape index (κ3) is 73.0. The fourth-order valence-electron chi connectivity index (χ4n) is 0.419. The van der Waals surface area contributed by atoms with Crippen LogP contribution in [-0.4, -0.2) is 134 Å². The number of oxime groups is 7. The van der Waals surface area contributed by atoms with Crippen LogP contribution < -0.4 is 51.0 Å². The van der Waals surface area contributed by atoms with Gasteiger partial charge in [0.2, 0.25) is 35.0 Å². The second kappa shape index (κ2) is 36.4. The van der Waals surface area contributed by atoms with Crippen molar-refractivity contribution < 1.29 is 110 Å². The molecule has 0 fully saturated rings. The van der Waals surface area contributed by atoms with Gasteiger partial charge in [0, 0.05) is 20.8 Å². The average molecular weight is 760 g/mol. The summed E-state index contributed by atoms with van der Waals surface area (Å²) in [6.45, 7) is 0. The quantitative estimate of drug-likeness (QED) is 0.0272. The normalized spacial score (nSPS) is 12.5. The van der Waals surface area contributed by atoms with Crippen LogP contribution in [0, 0.1) is 0 Å². The van der Waals surface area contributed by atoms with E-state index >= 15 is 0 Å². The van der Waals surface area contributed by atoms with Gasteiger partial charge in [-0.15, -0.1) is 0 Å². The van der Waals surface area contributed by atoms with Crippen LogP contribution in [0.1, 0.15) is 0 Å². The number of nitrogens with one attached hydrogen (secondary N) is 1. The van der Waals surface area contributed by atoms with Crippen LogP contribution in [0.15, 0.2) is 36.1 Å². The molecule has 0 aliphatic carbocycles. The van der Waals surface area contributed by atoms with E-state index in [1.165, 1.54) is 5.16 Å². The minimum Gasteiger partial charge on any atom is -0.759 e. The molecule has 0 rings (SSSR count). The number of rotatable bonds is 0. The smallest absolute Gasteiger partial charge is 0.759 e. The van der Waals surface area contributed by atoms with E-state index in [0.717, 1.165) is 0 Å². The Labute approximate surface area is 259 Å². The molecule has 0 radical (unpaired) electrons. The van der Waals surface area contributed by atoms with Gasteiger partial charge in [0.05, 0.1) is 0 Å². The van der Waals surface area contributed by atoms with Gasteiger partial charge in [0.1, 0.15) is 0 Å². The zero-order valence-corrected chi connectivity index (χ0v) is 23.9. The molecule has 270 valence electrons. The first-order valence-electron chi connectivity index (χ1n) is 8.08. The van der Waals surface area contributed by atoms with Crippen molar-refractivity contribution in [3.05, 3.63) is 0 Å². The molecule has 0 saturated carbocycles. The third-order valence-corrected chi connectivity index (χ3v) is 1.94. The fraction of sp³-hybridized carbons (Fsp3) is 0. The summed E-state index contributed by atoms with van der Waals surface area (Å²) < 4.78 is 68.2.